The van der Waals surface area contributed by atoms with Crippen LogP contribution in [0.25, 0.3) is 0 Å². The van der Waals surface area contributed by atoms with Crippen LogP contribution < -0.4 is 10.6 Å². The van der Waals surface area contributed by atoms with Crippen molar-refractivity contribution in [3.8, 4) is 0 Å². The van der Waals surface area contributed by atoms with E-state index in [1.165, 1.54) is 49.8 Å². The van der Waals surface area contributed by atoms with Gasteiger partial charge in [0.05, 0.1) is 0 Å². The summed E-state index contributed by atoms with van der Waals surface area (Å²) in [6.45, 7) is 2.08. The molecule has 2 nitrogen and oxygen atoms in total. The Hall–Kier alpha value is -0.540. The summed E-state index contributed by atoms with van der Waals surface area (Å²) in [5.74, 6) is 0. The van der Waals surface area contributed by atoms with E-state index in [9.17, 15) is 0 Å². The van der Waals surface area contributed by atoms with E-state index in [2.05, 4.69) is 53.0 Å². The Balaban J connectivity index is 2.22. The molecule has 1 aromatic carbocycles. The van der Waals surface area contributed by atoms with E-state index < -0.39 is 0 Å². The van der Waals surface area contributed by atoms with Crippen molar-refractivity contribution >= 4 is 21.6 Å². The molecule has 1 aliphatic rings. The number of halogens is 1. The second-order valence-electron chi connectivity index (χ2n) is 6.21. The van der Waals surface area contributed by atoms with Crippen molar-refractivity contribution in [2.24, 2.45) is 5.73 Å². The number of nitrogens with two attached hydrogens (primary N) is 1. The lowest BCUT2D eigenvalue weighted by atomic mass is 10.0. The molecule has 1 atom stereocenters. The average molecular weight is 339 g/mol. The van der Waals surface area contributed by atoms with E-state index in [-0.39, 0.29) is 6.04 Å². The minimum absolute atomic E-state index is 0.206. The Morgan fingerprint density at radius 3 is 2.50 bits per heavy atom. The standard InChI is InChI=1S/C17H27BrN2/c1-13(19)11-14-9-10-15(18)12-17(14)20(2)16-7-5-3-4-6-8-16/h9-10,12-13,16H,3-8,11,19H2,1-2H3. The highest BCUT2D eigenvalue weighted by atomic mass is 79.9. The summed E-state index contributed by atoms with van der Waals surface area (Å²) in [6.07, 6.45) is 9.11. The maximum Gasteiger partial charge on any atom is 0.0410 e. The number of anilines is 1. The first-order valence-electron chi connectivity index (χ1n) is 7.85. The SMILES string of the molecule is CC(N)Cc1ccc(Br)cc1N(C)C1CCCCCC1. The van der Waals surface area contributed by atoms with Crippen LogP contribution in [0, 0.1) is 0 Å². The highest BCUT2D eigenvalue weighted by Gasteiger charge is 2.19. The first kappa shape index (κ1) is 15.8. The zero-order chi connectivity index (χ0) is 14.5. The van der Waals surface area contributed by atoms with Crippen LogP contribution >= 0.6 is 15.9 Å². The number of hydrogen-bond donors (Lipinski definition) is 1. The summed E-state index contributed by atoms with van der Waals surface area (Å²) in [5, 5.41) is 0. The molecule has 0 aromatic heterocycles. The largest absolute Gasteiger partial charge is 0.371 e. The maximum atomic E-state index is 6.00. The molecular weight excluding hydrogens is 312 g/mol. The molecule has 20 heavy (non-hydrogen) atoms. The highest BCUT2D eigenvalue weighted by molar-refractivity contribution is 9.10. The van der Waals surface area contributed by atoms with Gasteiger partial charge < -0.3 is 10.6 Å². The lowest BCUT2D eigenvalue weighted by Crippen LogP contribution is -2.32. The zero-order valence-corrected chi connectivity index (χ0v) is 14.3. The van der Waals surface area contributed by atoms with Crippen LogP contribution in [0.1, 0.15) is 51.0 Å². The third kappa shape index (κ3) is 4.23. The van der Waals surface area contributed by atoms with Crippen molar-refractivity contribution in [1.29, 1.82) is 0 Å². The molecule has 112 valence electrons. The van der Waals surface area contributed by atoms with Crippen LogP contribution in [0.4, 0.5) is 5.69 Å². The summed E-state index contributed by atoms with van der Waals surface area (Å²) in [6, 6.07) is 7.48. The third-order valence-electron chi connectivity index (χ3n) is 4.34. The van der Waals surface area contributed by atoms with Crippen molar-refractivity contribution in [3.05, 3.63) is 28.2 Å². The van der Waals surface area contributed by atoms with Crippen molar-refractivity contribution < 1.29 is 0 Å². The molecule has 1 saturated carbocycles. The van der Waals surface area contributed by atoms with E-state index in [1.807, 2.05) is 0 Å². The minimum Gasteiger partial charge on any atom is -0.371 e. The van der Waals surface area contributed by atoms with Gasteiger partial charge in [0.1, 0.15) is 0 Å². The third-order valence-corrected chi connectivity index (χ3v) is 4.83. The monoisotopic (exact) mass is 338 g/mol. The van der Waals surface area contributed by atoms with Crippen LogP contribution in [-0.2, 0) is 6.42 Å². The van der Waals surface area contributed by atoms with Crippen molar-refractivity contribution in [2.45, 2.75) is 64.0 Å². The van der Waals surface area contributed by atoms with Gasteiger partial charge in [-0.2, -0.15) is 0 Å². The number of benzene rings is 1. The first-order valence-corrected chi connectivity index (χ1v) is 8.64. The van der Waals surface area contributed by atoms with Gasteiger partial charge in [0, 0.05) is 29.3 Å². The molecule has 0 heterocycles. The van der Waals surface area contributed by atoms with Gasteiger partial charge in [0.2, 0.25) is 0 Å². The van der Waals surface area contributed by atoms with Crippen molar-refractivity contribution in [1.82, 2.24) is 0 Å². The van der Waals surface area contributed by atoms with E-state index in [0.29, 0.717) is 6.04 Å². The van der Waals surface area contributed by atoms with E-state index in [0.717, 1.165) is 10.9 Å². The second-order valence-corrected chi connectivity index (χ2v) is 7.13. The lowest BCUT2D eigenvalue weighted by Gasteiger charge is -2.31. The molecular formula is C17H27BrN2. The van der Waals surface area contributed by atoms with Gasteiger partial charge in [0.15, 0.2) is 0 Å². The van der Waals surface area contributed by atoms with Crippen LogP contribution in [0.3, 0.4) is 0 Å². The summed E-state index contributed by atoms with van der Waals surface area (Å²) in [7, 11) is 2.25. The van der Waals surface area contributed by atoms with Crippen LogP contribution in [0.5, 0.6) is 0 Å². The predicted molar refractivity (Wildman–Crippen MR) is 91.4 cm³/mol. The van der Waals surface area contributed by atoms with Gasteiger partial charge in [-0.1, -0.05) is 47.7 Å². The maximum absolute atomic E-state index is 6.00. The number of hydrogen-bond acceptors (Lipinski definition) is 2. The highest BCUT2D eigenvalue weighted by Crippen LogP contribution is 2.30. The summed E-state index contributed by atoms with van der Waals surface area (Å²) >= 11 is 3.61. The second kappa shape index (κ2) is 7.46. The van der Waals surface area contributed by atoms with Gasteiger partial charge in [-0.15, -0.1) is 0 Å². The smallest absolute Gasteiger partial charge is 0.0410 e. The lowest BCUT2D eigenvalue weighted by molar-refractivity contribution is 0.551. The van der Waals surface area contributed by atoms with Crippen molar-refractivity contribution in [3.63, 3.8) is 0 Å². The molecule has 3 heteroatoms. The fourth-order valence-corrected chi connectivity index (χ4v) is 3.58. The summed E-state index contributed by atoms with van der Waals surface area (Å²) < 4.78 is 1.15. The van der Waals surface area contributed by atoms with Gasteiger partial charge in [-0.05, 0) is 43.9 Å². The molecule has 2 rings (SSSR count). The Kier molecular flexibility index (Phi) is 5.91. The molecule has 1 aromatic rings. The van der Waals surface area contributed by atoms with E-state index in [4.69, 9.17) is 5.73 Å². The van der Waals surface area contributed by atoms with E-state index >= 15 is 0 Å². The Bertz CT molecular complexity index is 423. The predicted octanol–water partition coefficient (Wildman–Crippen LogP) is 4.50. The quantitative estimate of drug-likeness (QED) is 0.819. The van der Waals surface area contributed by atoms with Gasteiger partial charge >= 0.3 is 0 Å². The fourth-order valence-electron chi connectivity index (χ4n) is 3.23. The topological polar surface area (TPSA) is 29.3 Å². The van der Waals surface area contributed by atoms with Gasteiger partial charge in [-0.25, -0.2) is 0 Å². The Morgan fingerprint density at radius 1 is 1.25 bits per heavy atom. The molecule has 1 unspecified atom stereocenters. The minimum atomic E-state index is 0.206. The van der Waals surface area contributed by atoms with Gasteiger partial charge in [0.25, 0.3) is 0 Å². The Labute approximate surface area is 131 Å². The fraction of sp³-hybridized carbons (Fsp3) is 0.647. The molecule has 0 saturated heterocycles. The molecule has 0 radical (unpaired) electrons. The van der Waals surface area contributed by atoms with E-state index in [1.54, 1.807) is 0 Å². The molecule has 2 N–H and O–H groups in total. The summed E-state index contributed by atoms with van der Waals surface area (Å²) in [4.78, 5) is 2.49. The number of nitrogens with zero attached hydrogens (tertiary/aromatic N) is 1. The molecule has 1 aliphatic carbocycles. The zero-order valence-electron chi connectivity index (χ0n) is 12.7. The van der Waals surface area contributed by atoms with Crippen LogP contribution in [-0.4, -0.2) is 19.1 Å². The van der Waals surface area contributed by atoms with Crippen molar-refractivity contribution in [2.75, 3.05) is 11.9 Å². The number of rotatable bonds is 4. The van der Waals surface area contributed by atoms with Crippen LogP contribution in [0.2, 0.25) is 0 Å². The van der Waals surface area contributed by atoms with Gasteiger partial charge in [-0.3, -0.25) is 0 Å². The Morgan fingerprint density at radius 2 is 1.90 bits per heavy atom. The normalized spacial score (nSPS) is 18.6. The first-order chi connectivity index (χ1) is 9.58. The summed E-state index contributed by atoms with van der Waals surface area (Å²) in [5.41, 5.74) is 8.73. The molecule has 1 fully saturated rings. The molecule has 0 aliphatic heterocycles. The molecule has 0 spiro atoms. The molecule has 0 amide bonds. The average Bonchev–Trinajstić information content (AvgIpc) is 2.68. The van der Waals surface area contributed by atoms with Crippen LogP contribution in [0.15, 0.2) is 22.7 Å². The molecule has 0 bridgehead atoms.